The van der Waals surface area contributed by atoms with Crippen LogP contribution in [0.1, 0.15) is 24.0 Å². The van der Waals surface area contributed by atoms with Crippen LogP contribution in [-0.4, -0.2) is 52.9 Å². The smallest absolute Gasteiger partial charge is 0.244 e. The van der Waals surface area contributed by atoms with Crippen LogP contribution in [0.3, 0.4) is 0 Å². The summed E-state index contributed by atoms with van der Waals surface area (Å²) in [6, 6.07) is 3.70. The molecule has 33 heavy (non-hydrogen) atoms. The maximum Gasteiger partial charge on any atom is 0.244 e. The van der Waals surface area contributed by atoms with E-state index in [4.69, 9.17) is 5.73 Å². The minimum atomic E-state index is -0.540. The van der Waals surface area contributed by atoms with Crippen molar-refractivity contribution >= 4 is 40.9 Å². The first kappa shape index (κ1) is 23.9. The van der Waals surface area contributed by atoms with Crippen molar-refractivity contribution < 1.29 is 9.18 Å². The second-order valence-corrected chi connectivity index (χ2v) is 7.91. The quantitative estimate of drug-likeness (QED) is 0.342. The first-order chi connectivity index (χ1) is 15.9. The Morgan fingerprint density at radius 1 is 1.33 bits per heavy atom. The third-order valence-electron chi connectivity index (χ3n) is 5.13. The van der Waals surface area contributed by atoms with E-state index in [1.165, 1.54) is 18.4 Å². The van der Waals surface area contributed by atoms with Crippen LogP contribution in [-0.2, 0) is 4.79 Å². The zero-order valence-corrected chi connectivity index (χ0v) is 18.9. The molecule has 3 rings (SSSR count). The molecular weight excluding hydrogens is 419 g/mol. The van der Waals surface area contributed by atoms with E-state index >= 15 is 0 Å². The van der Waals surface area contributed by atoms with Gasteiger partial charge in [-0.3, -0.25) is 9.78 Å². The third-order valence-corrected chi connectivity index (χ3v) is 5.13. The van der Waals surface area contributed by atoms with E-state index < -0.39 is 5.82 Å². The van der Waals surface area contributed by atoms with E-state index in [0.717, 1.165) is 31.1 Å². The fraction of sp³-hybridized carbons (Fsp3) is 0.240. The molecule has 1 amide bonds. The summed E-state index contributed by atoms with van der Waals surface area (Å²) in [4.78, 5) is 25.7. The Hall–Kier alpha value is -3.78. The molecule has 3 heterocycles. The predicted molar refractivity (Wildman–Crippen MR) is 132 cm³/mol. The highest BCUT2D eigenvalue weighted by Gasteiger charge is 2.12. The number of aromatic nitrogens is 3. The number of pyridine rings is 2. The minimum Gasteiger partial charge on any atom is -0.403 e. The summed E-state index contributed by atoms with van der Waals surface area (Å²) in [6.07, 6.45) is 12.4. The normalized spacial score (nSPS) is 12.8. The zero-order valence-electron chi connectivity index (χ0n) is 18.9. The van der Waals surface area contributed by atoms with Crippen molar-refractivity contribution in [3.63, 3.8) is 0 Å². The number of carbonyl (C=O) groups is 1. The van der Waals surface area contributed by atoms with Crippen molar-refractivity contribution in [3.8, 4) is 0 Å². The summed E-state index contributed by atoms with van der Waals surface area (Å²) in [5.41, 5.74) is 8.03. The van der Waals surface area contributed by atoms with Gasteiger partial charge in [-0.25, -0.2) is 9.37 Å². The summed E-state index contributed by atoms with van der Waals surface area (Å²) >= 11 is 0. The molecule has 0 aromatic carbocycles. The highest BCUT2D eigenvalue weighted by atomic mass is 19.1. The van der Waals surface area contributed by atoms with Gasteiger partial charge in [0, 0.05) is 47.4 Å². The topological polar surface area (TPSA) is 99.9 Å². The van der Waals surface area contributed by atoms with Crippen molar-refractivity contribution in [2.45, 2.75) is 12.8 Å². The van der Waals surface area contributed by atoms with E-state index in [9.17, 15) is 9.18 Å². The Labute approximate surface area is 192 Å². The molecule has 4 N–H and O–H groups in total. The third kappa shape index (κ3) is 6.14. The van der Waals surface area contributed by atoms with Crippen molar-refractivity contribution in [1.82, 2.24) is 25.2 Å². The standard InChI is InChI=1S/C25H29FN6O/c1-17(18-7-6-10-28-15-18)13-20-22(14-27)31-25-24(20)19(21(26)16-30-25)8-9-23(33)29-11-4-5-12-32(2)3/h6-10,13-16H,1,4-5,11-12,27H2,2-3H3,(H,29,33)(H,30,31)/b9-8+,20-13+,22-14+. The number of fused-ring (bicyclic) bond motifs is 1. The summed E-state index contributed by atoms with van der Waals surface area (Å²) < 4.78 is 14.8. The number of unbranched alkanes of at least 4 members (excludes halogenated alkanes) is 1. The minimum absolute atomic E-state index is 0.248. The van der Waals surface area contributed by atoms with Gasteiger partial charge < -0.3 is 20.9 Å². The Balaban J connectivity index is 1.93. The Bertz CT molecular complexity index is 1280. The summed E-state index contributed by atoms with van der Waals surface area (Å²) in [5, 5.41) is 4.57. The second-order valence-electron chi connectivity index (χ2n) is 7.91. The number of nitrogens with zero attached hydrogens (tertiary/aromatic N) is 3. The molecule has 8 heteroatoms. The Morgan fingerprint density at radius 2 is 2.15 bits per heavy atom. The molecule has 0 radical (unpaired) electrons. The largest absolute Gasteiger partial charge is 0.403 e. The van der Waals surface area contributed by atoms with Crippen molar-refractivity contribution in [3.05, 3.63) is 70.9 Å². The number of nitrogens with one attached hydrogen (secondary N) is 2. The Morgan fingerprint density at radius 3 is 2.85 bits per heavy atom. The number of hydrogen-bond donors (Lipinski definition) is 3. The summed E-state index contributed by atoms with van der Waals surface area (Å²) in [5.74, 6) is -0.822. The molecule has 0 spiro atoms. The lowest BCUT2D eigenvalue weighted by atomic mass is 10.1. The zero-order chi connectivity index (χ0) is 23.8. The molecular formula is C25H29FN6O. The number of amides is 1. The molecule has 7 nitrogen and oxygen atoms in total. The van der Waals surface area contributed by atoms with Crippen LogP contribution in [0.15, 0.2) is 43.4 Å². The molecule has 0 atom stereocenters. The predicted octanol–water partition coefficient (Wildman–Crippen LogP) is 1.76. The van der Waals surface area contributed by atoms with E-state index in [1.54, 1.807) is 18.5 Å². The van der Waals surface area contributed by atoms with Crippen LogP contribution in [0, 0.1) is 5.82 Å². The van der Waals surface area contributed by atoms with Crippen molar-refractivity contribution in [1.29, 1.82) is 0 Å². The van der Waals surface area contributed by atoms with Gasteiger partial charge in [-0.2, -0.15) is 0 Å². The number of halogens is 1. The number of rotatable bonds is 9. The molecule has 3 aromatic heterocycles. The lowest BCUT2D eigenvalue weighted by Crippen LogP contribution is -2.25. The van der Waals surface area contributed by atoms with Crippen molar-refractivity contribution in [2.24, 2.45) is 5.73 Å². The van der Waals surface area contributed by atoms with Crippen molar-refractivity contribution in [2.75, 3.05) is 27.2 Å². The van der Waals surface area contributed by atoms with Crippen LogP contribution in [0.5, 0.6) is 0 Å². The highest BCUT2D eigenvalue weighted by Crippen LogP contribution is 2.18. The molecule has 0 saturated carbocycles. The number of H-pyrrole nitrogens is 1. The average molecular weight is 449 g/mol. The number of aromatic amines is 1. The summed E-state index contributed by atoms with van der Waals surface area (Å²) in [6.45, 7) is 5.63. The summed E-state index contributed by atoms with van der Waals surface area (Å²) in [7, 11) is 4.02. The van der Waals surface area contributed by atoms with E-state index in [2.05, 4.69) is 31.7 Å². The van der Waals surface area contributed by atoms with Gasteiger partial charge in [0.2, 0.25) is 5.91 Å². The number of hydrogen-bond acceptors (Lipinski definition) is 5. The molecule has 0 aliphatic carbocycles. The highest BCUT2D eigenvalue weighted by molar-refractivity contribution is 5.97. The fourth-order valence-electron chi connectivity index (χ4n) is 3.44. The van der Waals surface area contributed by atoms with Crippen LogP contribution in [0.2, 0.25) is 0 Å². The first-order valence-corrected chi connectivity index (χ1v) is 10.7. The van der Waals surface area contributed by atoms with Gasteiger partial charge in [-0.05, 0) is 62.8 Å². The lowest BCUT2D eigenvalue weighted by molar-refractivity contribution is -0.116. The van der Waals surface area contributed by atoms with Crippen LogP contribution < -0.4 is 21.6 Å². The van der Waals surface area contributed by atoms with Gasteiger partial charge in [-0.1, -0.05) is 12.6 Å². The average Bonchev–Trinajstić information content (AvgIpc) is 3.16. The van der Waals surface area contributed by atoms with Gasteiger partial charge in [0.1, 0.15) is 11.5 Å². The van der Waals surface area contributed by atoms with E-state index in [-0.39, 0.29) is 11.5 Å². The number of nitrogens with two attached hydrogens (primary N) is 1. The van der Waals surface area contributed by atoms with Crippen LogP contribution in [0.4, 0.5) is 4.39 Å². The van der Waals surface area contributed by atoms with Gasteiger partial charge in [0.05, 0.1) is 11.5 Å². The van der Waals surface area contributed by atoms with Crippen LogP contribution in [0.25, 0.3) is 35.0 Å². The Kier molecular flexibility index (Phi) is 8.10. The lowest BCUT2D eigenvalue weighted by Gasteiger charge is -2.08. The molecule has 0 unspecified atom stereocenters. The molecule has 0 bridgehead atoms. The SMILES string of the molecule is C=C(/C=c1\c(=C/N)[nH]c2ncc(F)c(/C=C/C(=O)NCCCCN(C)C)c12)c1cccnc1. The van der Waals surface area contributed by atoms with E-state index in [0.29, 0.717) is 33.7 Å². The maximum absolute atomic E-state index is 14.8. The number of carbonyl (C=O) groups excluding carboxylic acids is 1. The van der Waals surface area contributed by atoms with Gasteiger partial charge >= 0.3 is 0 Å². The second kappa shape index (κ2) is 11.2. The first-order valence-electron chi connectivity index (χ1n) is 10.7. The van der Waals surface area contributed by atoms with Gasteiger partial charge in [-0.15, -0.1) is 0 Å². The number of allylic oxidation sites excluding steroid dienone is 1. The molecule has 0 saturated heterocycles. The van der Waals surface area contributed by atoms with Crippen LogP contribution >= 0.6 is 0 Å². The molecule has 3 aromatic rings. The monoisotopic (exact) mass is 448 g/mol. The molecule has 0 aliphatic heterocycles. The van der Waals surface area contributed by atoms with Gasteiger partial charge in [0.25, 0.3) is 0 Å². The molecule has 0 aliphatic rings. The molecule has 172 valence electrons. The van der Waals surface area contributed by atoms with E-state index in [1.807, 2.05) is 26.2 Å². The maximum atomic E-state index is 14.8. The fourth-order valence-corrected chi connectivity index (χ4v) is 3.44. The van der Waals surface area contributed by atoms with Gasteiger partial charge in [0.15, 0.2) is 0 Å². The molecule has 0 fully saturated rings.